The SMILES string of the molecule is CNS(O)(O)CC(C)(C)CC(C)(C)C(C)=O. The third kappa shape index (κ3) is 5.30. The number of nitrogens with one attached hydrogen (secondary N) is 1. The number of carbonyl (C=O) groups excluding carboxylic acids is 1. The van der Waals surface area contributed by atoms with Crippen LogP contribution < -0.4 is 4.72 Å². The van der Waals surface area contributed by atoms with Crippen molar-refractivity contribution in [1.82, 2.24) is 4.72 Å². The van der Waals surface area contributed by atoms with Gasteiger partial charge in [0.05, 0.1) is 5.75 Å². The summed E-state index contributed by atoms with van der Waals surface area (Å²) in [7, 11) is -1.21. The number of hydrogen-bond acceptors (Lipinski definition) is 4. The third-order valence-corrected chi connectivity index (χ3v) is 4.63. The van der Waals surface area contributed by atoms with E-state index in [1.54, 1.807) is 6.92 Å². The Labute approximate surface area is 100 Å². The lowest BCUT2D eigenvalue weighted by Gasteiger charge is -2.41. The van der Waals surface area contributed by atoms with Crippen molar-refractivity contribution >= 4 is 16.6 Å². The van der Waals surface area contributed by atoms with Gasteiger partial charge in [0.2, 0.25) is 0 Å². The van der Waals surface area contributed by atoms with Gasteiger partial charge in [0.1, 0.15) is 5.78 Å². The average molecular weight is 251 g/mol. The Morgan fingerprint density at radius 3 is 2.00 bits per heavy atom. The van der Waals surface area contributed by atoms with Gasteiger partial charge < -0.3 is 0 Å². The molecule has 0 rings (SSSR count). The molecule has 3 N–H and O–H groups in total. The second-order valence-electron chi connectivity index (χ2n) is 5.80. The highest BCUT2D eigenvalue weighted by Crippen LogP contribution is 2.44. The first-order valence-corrected chi connectivity index (χ1v) is 7.09. The summed E-state index contributed by atoms with van der Waals surface area (Å²) in [4.78, 5) is 11.4. The van der Waals surface area contributed by atoms with E-state index in [0.717, 1.165) is 0 Å². The number of carbonyl (C=O) groups is 1. The molecule has 0 aliphatic heterocycles. The maximum absolute atomic E-state index is 11.4. The van der Waals surface area contributed by atoms with Crippen LogP contribution in [0.25, 0.3) is 0 Å². The van der Waals surface area contributed by atoms with Crippen LogP contribution in [0.1, 0.15) is 41.0 Å². The van der Waals surface area contributed by atoms with E-state index in [1.807, 2.05) is 27.7 Å². The molecule has 0 amide bonds. The average Bonchev–Trinajstić information content (AvgIpc) is 1.99. The Morgan fingerprint density at radius 1 is 1.25 bits per heavy atom. The maximum atomic E-state index is 11.4. The molecule has 98 valence electrons. The van der Waals surface area contributed by atoms with E-state index in [9.17, 15) is 13.9 Å². The van der Waals surface area contributed by atoms with E-state index in [-0.39, 0.29) is 17.0 Å². The summed E-state index contributed by atoms with van der Waals surface area (Å²) in [6.07, 6.45) is 0.632. The first-order valence-electron chi connectivity index (χ1n) is 5.37. The zero-order valence-corrected chi connectivity index (χ0v) is 11.9. The Hall–Kier alpha value is -0.100. The van der Waals surface area contributed by atoms with Gasteiger partial charge in [0.15, 0.2) is 0 Å². The predicted molar refractivity (Wildman–Crippen MR) is 69.6 cm³/mol. The number of rotatable bonds is 6. The van der Waals surface area contributed by atoms with Gasteiger partial charge in [-0.25, -0.2) is 4.72 Å². The van der Waals surface area contributed by atoms with Crippen LogP contribution >= 0.6 is 10.8 Å². The standard InChI is InChI=1S/C11H25NO3S/c1-9(13)11(4,5)7-10(2,3)8-16(14,15)12-6/h12,14-15H,7-8H2,1-6H3. The van der Waals surface area contributed by atoms with Gasteiger partial charge in [-0.1, -0.05) is 27.7 Å². The largest absolute Gasteiger partial charge is 0.299 e. The molecular formula is C11H25NO3S. The van der Waals surface area contributed by atoms with Gasteiger partial charge in [0.25, 0.3) is 0 Å². The summed E-state index contributed by atoms with van der Waals surface area (Å²) >= 11 is 0. The molecular weight excluding hydrogens is 226 g/mol. The smallest absolute Gasteiger partial charge is 0.135 e. The Kier molecular flexibility index (Phi) is 5.01. The molecule has 0 unspecified atom stereocenters. The predicted octanol–water partition coefficient (Wildman–Crippen LogP) is 2.90. The lowest BCUT2D eigenvalue weighted by atomic mass is 9.74. The molecule has 0 fully saturated rings. The van der Waals surface area contributed by atoms with E-state index in [1.165, 1.54) is 7.05 Å². The van der Waals surface area contributed by atoms with Crippen molar-refractivity contribution in [2.24, 2.45) is 10.8 Å². The molecule has 0 aliphatic rings. The summed E-state index contributed by atoms with van der Waals surface area (Å²) < 4.78 is 21.8. The molecule has 0 aromatic carbocycles. The van der Waals surface area contributed by atoms with Crippen molar-refractivity contribution in [2.45, 2.75) is 41.0 Å². The van der Waals surface area contributed by atoms with Crippen LogP contribution in [-0.4, -0.2) is 27.7 Å². The number of Topliss-reactive ketones (excluding diaryl/α,β-unsaturated/α-hetero) is 1. The second-order valence-corrected chi connectivity index (χ2v) is 7.83. The molecule has 0 spiro atoms. The molecule has 0 saturated carbocycles. The summed E-state index contributed by atoms with van der Waals surface area (Å²) in [6, 6.07) is 0. The van der Waals surface area contributed by atoms with Crippen LogP contribution in [0.2, 0.25) is 0 Å². The van der Waals surface area contributed by atoms with E-state index < -0.39 is 16.2 Å². The van der Waals surface area contributed by atoms with E-state index in [4.69, 9.17) is 0 Å². The molecule has 16 heavy (non-hydrogen) atoms. The maximum Gasteiger partial charge on any atom is 0.135 e. The first kappa shape index (κ1) is 15.9. The molecule has 0 atom stereocenters. The van der Waals surface area contributed by atoms with Crippen molar-refractivity contribution in [3.05, 3.63) is 0 Å². The Bertz CT molecular complexity index is 262. The van der Waals surface area contributed by atoms with Gasteiger partial charge in [-0.05, 0) is 18.8 Å². The minimum Gasteiger partial charge on any atom is -0.299 e. The van der Waals surface area contributed by atoms with Crippen molar-refractivity contribution in [1.29, 1.82) is 0 Å². The molecule has 0 bridgehead atoms. The molecule has 0 aromatic rings. The molecule has 0 saturated heterocycles. The summed E-state index contributed by atoms with van der Waals surface area (Å²) in [5.41, 5.74) is -0.718. The summed E-state index contributed by atoms with van der Waals surface area (Å²) in [6.45, 7) is 9.25. The van der Waals surface area contributed by atoms with Gasteiger partial charge in [-0.2, -0.15) is 0 Å². The molecule has 0 radical (unpaired) electrons. The van der Waals surface area contributed by atoms with Crippen LogP contribution in [0.15, 0.2) is 0 Å². The minimum atomic E-state index is -2.74. The fourth-order valence-corrected chi connectivity index (χ4v) is 3.33. The summed E-state index contributed by atoms with van der Waals surface area (Å²) in [5, 5.41) is 0. The molecule has 5 heteroatoms. The highest BCUT2D eigenvalue weighted by Gasteiger charge is 2.35. The molecule has 4 nitrogen and oxygen atoms in total. The third-order valence-electron chi connectivity index (χ3n) is 2.79. The zero-order chi connectivity index (χ0) is 13.2. The monoisotopic (exact) mass is 251 g/mol. The van der Waals surface area contributed by atoms with Crippen LogP contribution in [0.5, 0.6) is 0 Å². The quantitative estimate of drug-likeness (QED) is 0.679. The fraction of sp³-hybridized carbons (Fsp3) is 0.909. The lowest BCUT2D eigenvalue weighted by molar-refractivity contribution is -0.126. The van der Waals surface area contributed by atoms with E-state index >= 15 is 0 Å². The van der Waals surface area contributed by atoms with Crippen molar-refractivity contribution in [3.8, 4) is 0 Å². The van der Waals surface area contributed by atoms with Crippen molar-refractivity contribution < 1.29 is 13.9 Å². The first-order chi connectivity index (χ1) is 6.92. The summed E-state index contributed by atoms with van der Waals surface area (Å²) in [5.74, 6) is 0.384. The van der Waals surface area contributed by atoms with Crippen LogP contribution in [0.4, 0.5) is 0 Å². The van der Waals surface area contributed by atoms with Gasteiger partial charge in [-0.3, -0.25) is 13.9 Å². The van der Waals surface area contributed by atoms with Crippen LogP contribution in [-0.2, 0) is 4.79 Å². The number of ketones is 1. The Morgan fingerprint density at radius 2 is 1.69 bits per heavy atom. The highest BCUT2D eigenvalue weighted by atomic mass is 32.3. The topological polar surface area (TPSA) is 69.6 Å². The van der Waals surface area contributed by atoms with Crippen molar-refractivity contribution in [3.63, 3.8) is 0 Å². The highest BCUT2D eigenvalue weighted by molar-refractivity contribution is 8.22. The van der Waals surface area contributed by atoms with Crippen LogP contribution in [0.3, 0.4) is 0 Å². The van der Waals surface area contributed by atoms with Gasteiger partial charge in [-0.15, -0.1) is 10.8 Å². The molecule has 0 aromatic heterocycles. The normalized spacial score (nSPS) is 15.0. The minimum absolute atomic E-state index is 0.126. The zero-order valence-electron chi connectivity index (χ0n) is 11.1. The van der Waals surface area contributed by atoms with E-state index in [0.29, 0.717) is 6.42 Å². The Balaban J connectivity index is 4.64. The van der Waals surface area contributed by atoms with Crippen LogP contribution in [0, 0.1) is 10.8 Å². The number of hydrogen-bond donors (Lipinski definition) is 3. The molecule has 0 aliphatic carbocycles. The van der Waals surface area contributed by atoms with Gasteiger partial charge >= 0.3 is 0 Å². The lowest BCUT2D eigenvalue weighted by Crippen LogP contribution is -2.34. The fourth-order valence-electron chi connectivity index (χ4n) is 1.99. The van der Waals surface area contributed by atoms with Gasteiger partial charge in [0, 0.05) is 12.5 Å². The van der Waals surface area contributed by atoms with Crippen molar-refractivity contribution in [2.75, 3.05) is 12.8 Å². The second kappa shape index (κ2) is 5.04. The molecule has 0 heterocycles. The van der Waals surface area contributed by atoms with E-state index in [2.05, 4.69) is 4.72 Å².